The molecule has 17 heavy (non-hydrogen) atoms. The van der Waals surface area contributed by atoms with Crippen LogP contribution in [0.15, 0.2) is 12.2 Å². The van der Waals surface area contributed by atoms with Gasteiger partial charge in [0.2, 0.25) is 0 Å². The molecule has 1 rings (SSSR count). The summed E-state index contributed by atoms with van der Waals surface area (Å²) in [7, 11) is 0. The van der Waals surface area contributed by atoms with Crippen LogP contribution in [0.25, 0.3) is 0 Å². The van der Waals surface area contributed by atoms with Gasteiger partial charge in [0.05, 0.1) is 11.7 Å². The fourth-order valence-corrected chi connectivity index (χ4v) is 2.39. The summed E-state index contributed by atoms with van der Waals surface area (Å²) >= 11 is 0. The standard InChI is InChI=1S/C16H30O/c1-16(2,3)17-15-13-11-9-7-5-4-6-8-10-12-14-15/h11,13,15H,4-10,12,14H2,1-3H3/b13-11-. The predicted octanol–water partition coefficient (Wildman–Crippen LogP) is 5.25. The van der Waals surface area contributed by atoms with Crippen LogP contribution in [-0.4, -0.2) is 11.7 Å². The second-order valence-corrected chi connectivity index (χ2v) is 6.25. The predicted molar refractivity (Wildman–Crippen MR) is 75.3 cm³/mol. The molecule has 0 spiro atoms. The topological polar surface area (TPSA) is 9.23 Å². The summed E-state index contributed by atoms with van der Waals surface area (Å²) < 4.78 is 6.10. The van der Waals surface area contributed by atoms with Gasteiger partial charge in [0.25, 0.3) is 0 Å². The fraction of sp³-hybridized carbons (Fsp3) is 0.875. The highest BCUT2D eigenvalue weighted by molar-refractivity contribution is 4.91. The highest BCUT2D eigenvalue weighted by atomic mass is 16.5. The Morgan fingerprint density at radius 1 is 0.882 bits per heavy atom. The maximum absolute atomic E-state index is 6.10. The molecule has 100 valence electrons. The molecule has 1 atom stereocenters. The third-order valence-corrected chi connectivity index (χ3v) is 3.22. The van der Waals surface area contributed by atoms with Crippen molar-refractivity contribution in [3.8, 4) is 0 Å². The quantitative estimate of drug-likeness (QED) is 0.567. The van der Waals surface area contributed by atoms with E-state index in [2.05, 4.69) is 32.9 Å². The van der Waals surface area contributed by atoms with Crippen LogP contribution in [0.5, 0.6) is 0 Å². The normalized spacial score (nSPS) is 26.9. The van der Waals surface area contributed by atoms with Gasteiger partial charge in [0.15, 0.2) is 0 Å². The van der Waals surface area contributed by atoms with Crippen molar-refractivity contribution in [2.24, 2.45) is 0 Å². The summed E-state index contributed by atoms with van der Waals surface area (Å²) in [6, 6.07) is 0. The number of allylic oxidation sites excluding steroid dienone is 1. The summed E-state index contributed by atoms with van der Waals surface area (Å²) in [5.74, 6) is 0. The van der Waals surface area contributed by atoms with E-state index in [-0.39, 0.29) is 5.60 Å². The molecule has 0 saturated heterocycles. The zero-order valence-corrected chi connectivity index (χ0v) is 12.0. The molecule has 0 radical (unpaired) electrons. The Kier molecular flexibility index (Phi) is 6.87. The molecular weight excluding hydrogens is 208 g/mol. The molecule has 0 amide bonds. The van der Waals surface area contributed by atoms with Gasteiger partial charge in [0, 0.05) is 0 Å². The van der Waals surface area contributed by atoms with Gasteiger partial charge in [-0.05, 0) is 40.0 Å². The molecule has 0 heterocycles. The first kappa shape index (κ1) is 14.8. The molecule has 0 saturated carbocycles. The van der Waals surface area contributed by atoms with E-state index in [4.69, 9.17) is 4.74 Å². The van der Waals surface area contributed by atoms with Crippen molar-refractivity contribution >= 4 is 0 Å². The Morgan fingerprint density at radius 2 is 1.47 bits per heavy atom. The van der Waals surface area contributed by atoms with E-state index >= 15 is 0 Å². The van der Waals surface area contributed by atoms with E-state index < -0.39 is 0 Å². The fourth-order valence-electron chi connectivity index (χ4n) is 2.39. The van der Waals surface area contributed by atoms with Crippen molar-refractivity contribution in [3.63, 3.8) is 0 Å². The maximum Gasteiger partial charge on any atom is 0.0762 e. The van der Waals surface area contributed by atoms with Crippen LogP contribution >= 0.6 is 0 Å². The molecule has 0 bridgehead atoms. The molecule has 0 fully saturated rings. The molecule has 1 unspecified atom stereocenters. The van der Waals surface area contributed by atoms with Gasteiger partial charge < -0.3 is 4.74 Å². The van der Waals surface area contributed by atoms with Crippen molar-refractivity contribution in [2.45, 2.75) is 90.3 Å². The van der Waals surface area contributed by atoms with Crippen molar-refractivity contribution in [2.75, 3.05) is 0 Å². The summed E-state index contributed by atoms with van der Waals surface area (Å²) in [5, 5.41) is 0. The van der Waals surface area contributed by atoms with E-state index in [1.54, 1.807) is 0 Å². The molecule has 0 N–H and O–H groups in total. The zero-order chi connectivity index (χ0) is 12.6. The van der Waals surface area contributed by atoms with Gasteiger partial charge >= 0.3 is 0 Å². The summed E-state index contributed by atoms with van der Waals surface area (Å²) in [6.07, 6.45) is 17.1. The molecule has 0 aliphatic heterocycles. The first-order valence-electron chi connectivity index (χ1n) is 7.42. The van der Waals surface area contributed by atoms with Crippen LogP contribution in [0.1, 0.15) is 78.6 Å². The lowest BCUT2D eigenvalue weighted by atomic mass is 10.0. The van der Waals surface area contributed by atoms with Crippen molar-refractivity contribution in [3.05, 3.63) is 12.2 Å². The SMILES string of the molecule is CC(C)(C)OC1/C=C\CCCCCCCCC1. The van der Waals surface area contributed by atoms with Crippen LogP contribution in [0.2, 0.25) is 0 Å². The zero-order valence-electron chi connectivity index (χ0n) is 12.0. The molecule has 1 nitrogen and oxygen atoms in total. The van der Waals surface area contributed by atoms with E-state index in [0.29, 0.717) is 6.10 Å². The second kappa shape index (κ2) is 7.92. The highest BCUT2D eigenvalue weighted by Gasteiger charge is 2.16. The van der Waals surface area contributed by atoms with Gasteiger partial charge in [-0.25, -0.2) is 0 Å². The minimum atomic E-state index is -0.0218. The molecule has 0 aromatic rings. The Hall–Kier alpha value is -0.300. The molecule has 0 aromatic carbocycles. The van der Waals surface area contributed by atoms with Crippen LogP contribution in [-0.2, 0) is 4.74 Å². The Bertz CT molecular complexity index is 212. The summed E-state index contributed by atoms with van der Waals surface area (Å²) in [5.41, 5.74) is -0.0218. The largest absolute Gasteiger partial charge is 0.369 e. The number of hydrogen-bond acceptors (Lipinski definition) is 1. The summed E-state index contributed by atoms with van der Waals surface area (Å²) in [4.78, 5) is 0. The minimum absolute atomic E-state index is 0.0218. The van der Waals surface area contributed by atoms with Crippen molar-refractivity contribution < 1.29 is 4.74 Å². The van der Waals surface area contributed by atoms with E-state index in [9.17, 15) is 0 Å². The monoisotopic (exact) mass is 238 g/mol. The average Bonchev–Trinajstić information content (AvgIpc) is 2.20. The van der Waals surface area contributed by atoms with Crippen LogP contribution in [0.4, 0.5) is 0 Å². The van der Waals surface area contributed by atoms with Crippen LogP contribution in [0, 0.1) is 0 Å². The van der Waals surface area contributed by atoms with Crippen LogP contribution in [0.3, 0.4) is 0 Å². The smallest absolute Gasteiger partial charge is 0.0762 e. The first-order valence-corrected chi connectivity index (χ1v) is 7.42. The molecule has 1 aliphatic rings. The Labute approximate surface area is 108 Å². The maximum atomic E-state index is 6.10. The van der Waals surface area contributed by atoms with E-state index in [1.165, 1.54) is 57.8 Å². The van der Waals surface area contributed by atoms with Gasteiger partial charge in [0.1, 0.15) is 0 Å². The number of hydrogen-bond donors (Lipinski definition) is 0. The summed E-state index contributed by atoms with van der Waals surface area (Å²) in [6.45, 7) is 6.45. The highest BCUT2D eigenvalue weighted by Crippen LogP contribution is 2.19. The molecule has 1 aliphatic carbocycles. The second-order valence-electron chi connectivity index (χ2n) is 6.25. The third-order valence-electron chi connectivity index (χ3n) is 3.22. The van der Waals surface area contributed by atoms with E-state index in [0.717, 1.165) is 0 Å². The lowest BCUT2D eigenvalue weighted by molar-refractivity contribution is -0.0418. The third kappa shape index (κ3) is 8.43. The number of ether oxygens (including phenoxy) is 1. The van der Waals surface area contributed by atoms with Gasteiger partial charge in [-0.2, -0.15) is 0 Å². The molecule has 1 heteroatoms. The lowest BCUT2D eigenvalue weighted by Gasteiger charge is -2.26. The Balaban J connectivity index is 2.43. The molecule has 0 aromatic heterocycles. The first-order chi connectivity index (χ1) is 8.08. The van der Waals surface area contributed by atoms with Crippen molar-refractivity contribution in [1.82, 2.24) is 0 Å². The average molecular weight is 238 g/mol. The van der Waals surface area contributed by atoms with Gasteiger partial charge in [-0.15, -0.1) is 0 Å². The van der Waals surface area contributed by atoms with Gasteiger partial charge in [-0.3, -0.25) is 0 Å². The van der Waals surface area contributed by atoms with Crippen LogP contribution < -0.4 is 0 Å². The van der Waals surface area contributed by atoms with Gasteiger partial charge in [-0.1, -0.05) is 50.7 Å². The van der Waals surface area contributed by atoms with Crippen molar-refractivity contribution in [1.29, 1.82) is 0 Å². The lowest BCUT2D eigenvalue weighted by Crippen LogP contribution is -2.26. The number of rotatable bonds is 1. The molecular formula is C16H30O. The van der Waals surface area contributed by atoms with E-state index in [1.807, 2.05) is 0 Å². The Morgan fingerprint density at radius 3 is 2.12 bits per heavy atom. The minimum Gasteiger partial charge on any atom is -0.369 e.